The van der Waals surface area contributed by atoms with Gasteiger partial charge >= 0.3 is 0 Å². The van der Waals surface area contributed by atoms with E-state index in [2.05, 4.69) is 24.5 Å². The molecule has 0 radical (unpaired) electrons. The van der Waals surface area contributed by atoms with Crippen molar-refractivity contribution in [2.45, 2.75) is 38.5 Å². The third kappa shape index (κ3) is 2.77. The number of aliphatic hydroxyl groups excluding tert-OH is 1. The number of rotatable bonds is 2. The van der Waals surface area contributed by atoms with Crippen molar-refractivity contribution in [2.75, 3.05) is 13.1 Å². The predicted molar refractivity (Wildman–Crippen MR) is 45.6 cm³/mol. The van der Waals surface area contributed by atoms with Crippen LogP contribution in [-0.4, -0.2) is 36.4 Å². The van der Waals surface area contributed by atoms with Gasteiger partial charge in [0.05, 0.1) is 6.10 Å². The van der Waals surface area contributed by atoms with Crippen molar-refractivity contribution in [1.29, 1.82) is 0 Å². The summed E-state index contributed by atoms with van der Waals surface area (Å²) in [7, 11) is 0. The Morgan fingerprint density at radius 1 is 1.55 bits per heavy atom. The zero-order valence-electron chi connectivity index (χ0n) is 7.30. The van der Waals surface area contributed by atoms with Gasteiger partial charge in [-0.25, -0.2) is 0 Å². The molecule has 0 unspecified atom stereocenters. The zero-order chi connectivity index (χ0) is 8.27. The minimum atomic E-state index is -0.217. The molecule has 0 bridgehead atoms. The fourth-order valence-corrected chi connectivity index (χ4v) is 1.46. The topological polar surface area (TPSA) is 44.3 Å². The van der Waals surface area contributed by atoms with Crippen LogP contribution >= 0.6 is 0 Å². The van der Waals surface area contributed by atoms with E-state index in [-0.39, 0.29) is 12.1 Å². The maximum Gasteiger partial charge on any atom is 0.0817 e. The second-order valence-corrected chi connectivity index (χ2v) is 3.49. The molecule has 0 spiro atoms. The normalized spacial score (nSPS) is 32.7. The number of β-amino-alcohol motifs (C(OH)–C–C–N with tert-alkyl or cyclic N) is 1. The van der Waals surface area contributed by atoms with E-state index in [1.807, 2.05) is 0 Å². The Kier molecular flexibility index (Phi) is 3.30. The van der Waals surface area contributed by atoms with Gasteiger partial charge in [0.15, 0.2) is 0 Å². The number of piperidine rings is 1. The molecule has 0 aromatic heterocycles. The number of aliphatic hydroxyl groups is 1. The first-order valence-corrected chi connectivity index (χ1v) is 4.35. The molecular formula is C8H18N2O. The van der Waals surface area contributed by atoms with E-state index in [1.54, 1.807) is 0 Å². The van der Waals surface area contributed by atoms with Crippen LogP contribution in [0.4, 0.5) is 0 Å². The first-order valence-electron chi connectivity index (χ1n) is 4.35. The van der Waals surface area contributed by atoms with Crippen LogP contribution in [-0.2, 0) is 0 Å². The molecule has 0 amide bonds. The highest BCUT2D eigenvalue weighted by atomic mass is 16.3. The van der Waals surface area contributed by atoms with Gasteiger partial charge in [-0.15, -0.1) is 0 Å². The van der Waals surface area contributed by atoms with Crippen molar-refractivity contribution in [1.82, 2.24) is 10.6 Å². The summed E-state index contributed by atoms with van der Waals surface area (Å²) in [6.45, 7) is 5.95. The fourth-order valence-electron chi connectivity index (χ4n) is 1.46. The molecule has 66 valence electrons. The Morgan fingerprint density at radius 3 is 2.82 bits per heavy atom. The SMILES string of the molecule is CC(C)N[C@@H]1CCNC[C@H]1O. The Balaban J connectivity index is 2.29. The summed E-state index contributed by atoms with van der Waals surface area (Å²) in [5, 5.41) is 16.0. The predicted octanol–water partition coefficient (Wildman–Crippen LogP) is -0.293. The molecule has 1 heterocycles. The van der Waals surface area contributed by atoms with Crippen molar-refractivity contribution in [2.24, 2.45) is 0 Å². The van der Waals surface area contributed by atoms with Crippen molar-refractivity contribution >= 4 is 0 Å². The lowest BCUT2D eigenvalue weighted by Crippen LogP contribution is -2.52. The summed E-state index contributed by atoms with van der Waals surface area (Å²) in [6.07, 6.45) is 0.811. The molecule has 11 heavy (non-hydrogen) atoms. The van der Waals surface area contributed by atoms with Gasteiger partial charge < -0.3 is 15.7 Å². The second kappa shape index (κ2) is 4.04. The molecule has 3 nitrogen and oxygen atoms in total. The van der Waals surface area contributed by atoms with E-state index < -0.39 is 0 Å². The van der Waals surface area contributed by atoms with Gasteiger partial charge in [-0.2, -0.15) is 0 Å². The lowest BCUT2D eigenvalue weighted by atomic mass is 10.0. The van der Waals surface area contributed by atoms with Gasteiger partial charge in [-0.3, -0.25) is 0 Å². The summed E-state index contributed by atoms with van der Waals surface area (Å²) in [5.41, 5.74) is 0. The smallest absolute Gasteiger partial charge is 0.0817 e. The van der Waals surface area contributed by atoms with E-state index >= 15 is 0 Å². The lowest BCUT2D eigenvalue weighted by molar-refractivity contribution is 0.0986. The third-order valence-electron chi connectivity index (χ3n) is 2.00. The molecule has 0 saturated carbocycles. The Labute approximate surface area is 68.2 Å². The van der Waals surface area contributed by atoms with E-state index in [4.69, 9.17) is 0 Å². The summed E-state index contributed by atoms with van der Waals surface area (Å²) >= 11 is 0. The Hall–Kier alpha value is -0.120. The first kappa shape index (κ1) is 8.97. The zero-order valence-corrected chi connectivity index (χ0v) is 7.30. The first-order chi connectivity index (χ1) is 5.20. The average molecular weight is 158 g/mol. The van der Waals surface area contributed by atoms with Crippen LogP contribution in [0.3, 0.4) is 0 Å². The fraction of sp³-hybridized carbons (Fsp3) is 1.00. The van der Waals surface area contributed by atoms with Crippen LogP contribution < -0.4 is 10.6 Å². The third-order valence-corrected chi connectivity index (χ3v) is 2.00. The molecular weight excluding hydrogens is 140 g/mol. The minimum Gasteiger partial charge on any atom is -0.390 e. The van der Waals surface area contributed by atoms with Gasteiger partial charge in [-0.05, 0) is 13.0 Å². The van der Waals surface area contributed by atoms with Crippen molar-refractivity contribution in [3.8, 4) is 0 Å². The standard InChI is InChI=1S/C8H18N2O/c1-6(2)10-7-3-4-9-5-8(7)11/h6-11H,3-5H2,1-2H3/t7-,8-/m1/s1. The van der Waals surface area contributed by atoms with Crippen LogP contribution in [0.2, 0.25) is 0 Å². The van der Waals surface area contributed by atoms with Gasteiger partial charge in [0.1, 0.15) is 0 Å². The molecule has 1 saturated heterocycles. The van der Waals surface area contributed by atoms with Crippen molar-refractivity contribution in [3.63, 3.8) is 0 Å². The number of hydrogen-bond donors (Lipinski definition) is 3. The molecule has 1 fully saturated rings. The molecule has 0 aromatic carbocycles. The molecule has 1 aliphatic heterocycles. The number of hydrogen-bond acceptors (Lipinski definition) is 3. The molecule has 3 N–H and O–H groups in total. The largest absolute Gasteiger partial charge is 0.390 e. The van der Waals surface area contributed by atoms with Gasteiger partial charge in [0.2, 0.25) is 0 Å². The Bertz CT molecular complexity index is 117. The summed E-state index contributed by atoms with van der Waals surface area (Å²) in [4.78, 5) is 0. The maximum absolute atomic E-state index is 9.49. The summed E-state index contributed by atoms with van der Waals surface area (Å²) in [6, 6.07) is 0.754. The molecule has 1 rings (SSSR count). The van der Waals surface area contributed by atoms with Crippen LogP contribution in [0.5, 0.6) is 0 Å². The van der Waals surface area contributed by atoms with Crippen molar-refractivity contribution in [3.05, 3.63) is 0 Å². The van der Waals surface area contributed by atoms with Gasteiger partial charge in [-0.1, -0.05) is 13.8 Å². The van der Waals surface area contributed by atoms with Crippen LogP contribution in [0, 0.1) is 0 Å². The van der Waals surface area contributed by atoms with E-state index in [0.29, 0.717) is 6.04 Å². The second-order valence-electron chi connectivity index (χ2n) is 3.49. The Morgan fingerprint density at radius 2 is 2.27 bits per heavy atom. The van der Waals surface area contributed by atoms with Crippen LogP contribution in [0.1, 0.15) is 20.3 Å². The minimum absolute atomic E-state index is 0.217. The highest BCUT2D eigenvalue weighted by Gasteiger charge is 2.22. The highest BCUT2D eigenvalue weighted by Crippen LogP contribution is 2.03. The van der Waals surface area contributed by atoms with Gasteiger partial charge in [0.25, 0.3) is 0 Å². The molecule has 1 aliphatic rings. The molecule has 2 atom stereocenters. The van der Waals surface area contributed by atoms with Crippen LogP contribution in [0.15, 0.2) is 0 Å². The van der Waals surface area contributed by atoms with Crippen molar-refractivity contribution < 1.29 is 5.11 Å². The van der Waals surface area contributed by atoms with E-state index in [0.717, 1.165) is 19.5 Å². The molecule has 0 aliphatic carbocycles. The quantitative estimate of drug-likeness (QED) is 0.517. The van der Waals surface area contributed by atoms with E-state index in [1.165, 1.54) is 0 Å². The average Bonchev–Trinajstić information content (AvgIpc) is 1.93. The lowest BCUT2D eigenvalue weighted by Gasteiger charge is -2.30. The van der Waals surface area contributed by atoms with Crippen LogP contribution in [0.25, 0.3) is 0 Å². The monoisotopic (exact) mass is 158 g/mol. The highest BCUT2D eigenvalue weighted by molar-refractivity contribution is 4.83. The summed E-state index contributed by atoms with van der Waals surface area (Å²) in [5.74, 6) is 0. The number of nitrogens with one attached hydrogen (secondary N) is 2. The van der Waals surface area contributed by atoms with E-state index in [9.17, 15) is 5.11 Å². The molecule has 3 heteroatoms. The maximum atomic E-state index is 9.49. The van der Waals surface area contributed by atoms with Gasteiger partial charge in [0, 0.05) is 18.6 Å². The molecule has 0 aromatic rings. The summed E-state index contributed by atoms with van der Waals surface area (Å²) < 4.78 is 0.